The van der Waals surface area contributed by atoms with E-state index in [1.807, 2.05) is 0 Å². The van der Waals surface area contributed by atoms with Crippen molar-refractivity contribution in [3.8, 4) is 0 Å². The molecule has 92 valence electrons. The van der Waals surface area contributed by atoms with Gasteiger partial charge in [0.25, 0.3) is 0 Å². The van der Waals surface area contributed by atoms with Crippen molar-refractivity contribution < 1.29 is 5.11 Å². The molecule has 2 N–H and O–H groups in total. The summed E-state index contributed by atoms with van der Waals surface area (Å²) in [7, 11) is 0. The van der Waals surface area contributed by atoms with Crippen LogP contribution in [0.3, 0.4) is 0 Å². The average Bonchev–Trinajstić information content (AvgIpc) is 2.82. The van der Waals surface area contributed by atoms with E-state index >= 15 is 0 Å². The van der Waals surface area contributed by atoms with E-state index in [2.05, 4.69) is 28.4 Å². The number of aliphatic hydroxyl groups is 1. The smallest absolute Gasteiger partial charge is 0.0681 e. The minimum atomic E-state index is 0.153. The Kier molecular flexibility index (Phi) is 3.04. The highest BCUT2D eigenvalue weighted by molar-refractivity contribution is 5.59. The van der Waals surface area contributed by atoms with Crippen LogP contribution in [0, 0.1) is 0 Å². The molecular formula is C14H20N2O. The maximum absolute atomic E-state index is 9.16. The van der Waals surface area contributed by atoms with Gasteiger partial charge in [0.2, 0.25) is 0 Å². The van der Waals surface area contributed by atoms with Gasteiger partial charge in [0.15, 0.2) is 0 Å². The molecule has 1 fully saturated rings. The van der Waals surface area contributed by atoms with Crippen LogP contribution in [0.2, 0.25) is 0 Å². The summed E-state index contributed by atoms with van der Waals surface area (Å²) in [5, 5.41) is 12.6. The number of anilines is 1. The van der Waals surface area contributed by atoms with Gasteiger partial charge in [0.05, 0.1) is 6.61 Å². The lowest BCUT2D eigenvalue weighted by atomic mass is 10.0. The minimum absolute atomic E-state index is 0.153. The van der Waals surface area contributed by atoms with E-state index in [0.717, 1.165) is 31.6 Å². The second-order valence-corrected chi connectivity index (χ2v) is 5.05. The van der Waals surface area contributed by atoms with Crippen molar-refractivity contribution in [1.29, 1.82) is 0 Å². The van der Waals surface area contributed by atoms with Crippen LogP contribution in [0.4, 0.5) is 5.69 Å². The number of aliphatic hydroxyl groups excluding tert-OH is 1. The predicted molar refractivity (Wildman–Crippen MR) is 69.3 cm³/mol. The molecule has 0 radical (unpaired) electrons. The zero-order chi connectivity index (χ0) is 11.7. The molecule has 0 saturated carbocycles. The van der Waals surface area contributed by atoms with Gasteiger partial charge in [0, 0.05) is 18.3 Å². The monoisotopic (exact) mass is 232 g/mol. The Morgan fingerprint density at radius 3 is 2.88 bits per heavy atom. The first-order chi connectivity index (χ1) is 8.38. The topological polar surface area (TPSA) is 35.5 Å². The minimum Gasteiger partial charge on any atom is -0.392 e. The van der Waals surface area contributed by atoms with Crippen LogP contribution in [0.1, 0.15) is 24.0 Å². The Balaban J connectivity index is 1.82. The van der Waals surface area contributed by atoms with E-state index in [-0.39, 0.29) is 6.61 Å². The van der Waals surface area contributed by atoms with E-state index < -0.39 is 0 Å². The quantitative estimate of drug-likeness (QED) is 0.806. The maximum Gasteiger partial charge on any atom is 0.0681 e. The van der Waals surface area contributed by atoms with Gasteiger partial charge in [-0.05, 0) is 49.5 Å². The van der Waals surface area contributed by atoms with Gasteiger partial charge < -0.3 is 15.3 Å². The Hall–Kier alpha value is -1.06. The standard InChI is InChI=1S/C14H20N2O/c17-10-11-1-2-14-12(9-11)5-8-16(14)13-3-6-15-7-4-13/h1-2,9,13,15,17H,3-8,10H2. The van der Waals surface area contributed by atoms with Crippen molar-refractivity contribution in [2.45, 2.75) is 31.9 Å². The van der Waals surface area contributed by atoms with Gasteiger partial charge in [0.1, 0.15) is 0 Å². The largest absolute Gasteiger partial charge is 0.392 e. The molecule has 2 aliphatic heterocycles. The van der Waals surface area contributed by atoms with E-state index in [4.69, 9.17) is 5.11 Å². The molecule has 0 aromatic heterocycles. The third-order valence-electron chi connectivity index (χ3n) is 4.01. The van der Waals surface area contributed by atoms with Crippen molar-refractivity contribution in [2.24, 2.45) is 0 Å². The summed E-state index contributed by atoms with van der Waals surface area (Å²) < 4.78 is 0. The summed E-state index contributed by atoms with van der Waals surface area (Å²) >= 11 is 0. The van der Waals surface area contributed by atoms with Gasteiger partial charge in [-0.3, -0.25) is 0 Å². The number of hydrogen-bond acceptors (Lipinski definition) is 3. The molecule has 0 bridgehead atoms. The molecule has 1 aromatic rings. The fraction of sp³-hybridized carbons (Fsp3) is 0.571. The van der Waals surface area contributed by atoms with E-state index in [0.29, 0.717) is 6.04 Å². The van der Waals surface area contributed by atoms with Crippen LogP contribution in [0.15, 0.2) is 18.2 Å². The predicted octanol–water partition coefficient (Wildman–Crippen LogP) is 1.29. The lowest BCUT2D eigenvalue weighted by molar-refractivity contribution is 0.282. The van der Waals surface area contributed by atoms with Crippen molar-refractivity contribution >= 4 is 5.69 Å². The summed E-state index contributed by atoms with van der Waals surface area (Å²) in [5.74, 6) is 0. The molecule has 0 amide bonds. The third-order valence-corrected chi connectivity index (χ3v) is 4.01. The SMILES string of the molecule is OCc1ccc2c(c1)CCN2C1CCNCC1. The van der Waals surface area contributed by atoms with Crippen LogP contribution < -0.4 is 10.2 Å². The fourth-order valence-electron chi connectivity index (χ4n) is 3.08. The van der Waals surface area contributed by atoms with Gasteiger partial charge in [-0.1, -0.05) is 12.1 Å². The Bertz CT molecular complexity index is 399. The highest BCUT2D eigenvalue weighted by Gasteiger charge is 2.26. The number of nitrogens with one attached hydrogen (secondary N) is 1. The van der Waals surface area contributed by atoms with Gasteiger partial charge in [-0.2, -0.15) is 0 Å². The molecule has 0 atom stereocenters. The Morgan fingerprint density at radius 2 is 2.12 bits per heavy atom. The molecular weight excluding hydrogens is 212 g/mol. The molecule has 0 spiro atoms. The maximum atomic E-state index is 9.16. The number of hydrogen-bond donors (Lipinski definition) is 2. The number of nitrogens with zero attached hydrogens (tertiary/aromatic N) is 1. The fourth-order valence-corrected chi connectivity index (χ4v) is 3.08. The molecule has 17 heavy (non-hydrogen) atoms. The summed E-state index contributed by atoms with van der Waals surface area (Å²) in [6.07, 6.45) is 3.63. The van der Waals surface area contributed by atoms with Crippen molar-refractivity contribution in [3.05, 3.63) is 29.3 Å². The van der Waals surface area contributed by atoms with Gasteiger partial charge >= 0.3 is 0 Å². The molecule has 2 heterocycles. The van der Waals surface area contributed by atoms with E-state index in [1.54, 1.807) is 0 Å². The van der Waals surface area contributed by atoms with Crippen molar-refractivity contribution in [3.63, 3.8) is 0 Å². The zero-order valence-corrected chi connectivity index (χ0v) is 10.2. The third kappa shape index (κ3) is 2.05. The second-order valence-electron chi connectivity index (χ2n) is 5.05. The first-order valence-electron chi connectivity index (χ1n) is 6.58. The normalized spacial score (nSPS) is 20.6. The van der Waals surface area contributed by atoms with Crippen LogP contribution in [0.5, 0.6) is 0 Å². The Morgan fingerprint density at radius 1 is 1.29 bits per heavy atom. The zero-order valence-electron chi connectivity index (χ0n) is 10.2. The number of benzene rings is 1. The lowest BCUT2D eigenvalue weighted by Crippen LogP contribution is -2.42. The summed E-state index contributed by atoms with van der Waals surface area (Å²) in [4.78, 5) is 2.57. The summed E-state index contributed by atoms with van der Waals surface area (Å²) in [5.41, 5.74) is 3.85. The van der Waals surface area contributed by atoms with Gasteiger partial charge in [-0.25, -0.2) is 0 Å². The number of fused-ring (bicyclic) bond motifs is 1. The highest BCUT2D eigenvalue weighted by atomic mass is 16.3. The number of rotatable bonds is 2. The molecule has 1 saturated heterocycles. The second kappa shape index (κ2) is 4.67. The first-order valence-corrected chi connectivity index (χ1v) is 6.58. The molecule has 0 aliphatic carbocycles. The van der Waals surface area contributed by atoms with Gasteiger partial charge in [-0.15, -0.1) is 0 Å². The number of piperidine rings is 1. The van der Waals surface area contributed by atoms with E-state index in [1.165, 1.54) is 24.1 Å². The van der Waals surface area contributed by atoms with Crippen LogP contribution in [-0.4, -0.2) is 30.8 Å². The molecule has 3 nitrogen and oxygen atoms in total. The first kappa shape index (κ1) is 11.1. The lowest BCUT2D eigenvalue weighted by Gasteiger charge is -2.33. The van der Waals surface area contributed by atoms with Crippen LogP contribution >= 0.6 is 0 Å². The average molecular weight is 232 g/mol. The Labute approximate surface area is 102 Å². The molecule has 3 heteroatoms. The van der Waals surface area contributed by atoms with Crippen molar-refractivity contribution in [1.82, 2.24) is 5.32 Å². The van der Waals surface area contributed by atoms with Crippen LogP contribution in [0.25, 0.3) is 0 Å². The van der Waals surface area contributed by atoms with Crippen LogP contribution in [-0.2, 0) is 13.0 Å². The molecule has 0 unspecified atom stereocenters. The van der Waals surface area contributed by atoms with E-state index in [9.17, 15) is 0 Å². The summed E-state index contributed by atoms with van der Waals surface area (Å²) in [6, 6.07) is 7.11. The highest BCUT2D eigenvalue weighted by Crippen LogP contribution is 2.32. The van der Waals surface area contributed by atoms with Crippen molar-refractivity contribution in [2.75, 3.05) is 24.5 Å². The molecule has 3 rings (SSSR count). The molecule has 2 aliphatic rings. The summed E-state index contributed by atoms with van der Waals surface area (Å²) in [6.45, 7) is 3.59. The molecule has 1 aromatic carbocycles.